The quantitative estimate of drug-likeness (QED) is 0.549. The number of aromatic nitrogens is 1. The first-order valence-electron chi connectivity index (χ1n) is 8.13. The summed E-state index contributed by atoms with van der Waals surface area (Å²) < 4.78 is 1.48. The van der Waals surface area contributed by atoms with Crippen LogP contribution in [0, 0.1) is 5.41 Å². The Morgan fingerprint density at radius 2 is 2.15 bits per heavy atom. The molecule has 1 atom stereocenters. The Morgan fingerprint density at radius 3 is 2.65 bits per heavy atom. The minimum atomic E-state index is -0.765. The van der Waals surface area contributed by atoms with Gasteiger partial charge in [-0.05, 0) is 25.6 Å². The Kier molecular flexibility index (Phi) is 4.18. The molecule has 3 rings (SSSR count). The van der Waals surface area contributed by atoms with Gasteiger partial charge in [0.1, 0.15) is 28.7 Å². The molecule has 4 N–H and O–H groups in total. The van der Waals surface area contributed by atoms with Crippen molar-refractivity contribution >= 4 is 35.7 Å². The van der Waals surface area contributed by atoms with E-state index in [-0.39, 0.29) is 39.1 Å². The topological polar surface area (TPSA) is 114 Å². The van der Waals surface area contributed by atoms with E-state index < -0.39 is 5.66 Å². The molecule has 2 aliphatic rings. The fraction of sp³-hybridized carbons (Fsp3) is 0.412. The summed E-state index contributed by atoms with van der Waals surface area (Å²) >= 11 is 6.33. The summed E-state index contributed by atoms with van der Waals surface area (Å²) in [6.07, 6.45) is 3.01. The summed E-state index contributed by atoms with van der Waals surface area (Å²) in [5.74, 6) is 0.137. The molecule has 26 heavy (non-hydrogen) atoms. The number of hydrogen-bond donors (Lipinski definition) is 3. The molecule has 0 aromatic carbocycles. The van der Waals surface area contributed by atoms with E-state index in [2.05, 4.69) is 27.3 Å². The molecule has 1 aliphatic carbocycles. The minimum absolute atomic E-state index is 0.152. The number of amidine groups is 1. The summed E-state index contributed by atoms with van der Waals surface area (Å²) in [5, 5.41) is 6.07. The van der Waals surface area contributed by atoms with Crippen molar-refractivity contribution in [3.8, 4) is 0 Å². The van der Waals surface area contributed by atoms with Crippen LogP contribution in [0.25, 0.3) is 0 Å². The van der Waals surface area contributed by atoms with Gasteiger partial charge in [0, 0.05) is 18.5 Å². The Hall–Kier alpha value is -2.61. The van der Waals surface area contributed by atoms with Gasteiger partial charge in [0.25, 0.3) is 11.5 Å². The number of carbonyl (C=O) groups is 1. The van der Waals surface area contributed by atoms with Gasteiger partial charge in [0.15, 0.2) is 0 Å². The SMILES string of the molecule is C=N/C(N)=C\C(=N/C)Nc1cc(Cl)c2n(c1=O)C1(CCC1(C)C)NC2=O. The molecule has 1 aromatic rings. The number of carbonyl (C=O) groups excluding carboxylic acids is 1. The fourth-order valence-electron chi connectivity index (χ4n) is 3.54. The number of amides is 1. The lowest BCUT2D eigenvalue weighted by Crippen LogP contribution is -2.63. The number of rotatable bonds is 3. The van der Waals surface area contributed by atoms with Crippen LogP contribution >= 0.6 is 11.6 Å². The molecule has 0 radical (unpaired) electrons. The highest BCUT2D eigenvalue weighted by Crippen LogP contribution is 2.55. The third kappa shape index (κ3) is 2.44. The molecule has 8 nitrogen and oxygen atoms in total. The second-order valence-electron chi connectivity index (χ2n) is 7.05. The highest BCUT2D eigenvalue weighted by atomic mass is 35.5. The molecule has 1 saturated carbocycles. The van der Waals surface area contributed by atoms with Crippen LogP contribution in [0.1, 0.15) is 37.2 Å². The molecule has 0 bridgehead atoms. The Balaban J connectivity index is 2.14. The molecule has 1 fully saturated rings. The second-order valence-corrected chi connectivity index (χ2v) is 7.46. The van der Waals surface area contributed by atoms with Gasteiger partial charge in [-0.2, -0.15) is 0 Å². The first-order valence-corrected chi connectivity index (χ1v) is 8.51. The highest BCUT2D eigenvalue weighted by molar-refractivity contribution is 6.34. The van der Waals surface area contributed by atoms with Gasteiger partial charge in [0.05, 0.1) is 5.02 Å². The van der Waals surface area contributed by atoms with Gasteiger partial charge in [0.2, 0.25) is 0 Å². The lowest BCUT2D eigenvalue weighted by atomic mass is 9.62. The smallest absolute Gasteiger partial charge is 0.276 e. The van der Waals surface area contributed by atoms with Gasteiger partial charge in [-0.1, -0.05) is 25.4 Å². The largest absolute Gasteiger partial charge is 0.384 e. The molecular formula is C17H21ClN6O2. The van der Waals surface area contributed by atoms with Crippen molar-refractivity contribution in [3.05, 3.63) is 39.0 Å². The third-order valence-corrected chi connectivity index (χ3v) is 5.56. The maximum Gasteiger partial charge on any atom is 0.276 e. The highest BCUT2D eigenvalue weighted by Gasteiger charge is 2.60. The van der Waals surface area contributed by atoms with Gasteiger partial charge in [-0.3, -0.25) is 19.1 Å². The van der Waals surface area contributed by atoms with Crippen LogP contribution in [0.15, 0.2) is 32.7 Å². The van der Waals surface area contributed by atoms with E-state index in [1.165, 1.54) is 16.7 Å². The van der Waals surface area contributed by atoms with Crippen molar-refractivity contribution in [1.29, 1.82) is 0 Å². The van der Waals surface area contributed by atoms with Crippen LogP contribution in [-0.2, 0) is 5.66 Å². The van der Waals surface area contributed by atoms with E-state index in [1.807, 2.05) is 13.8 Å². The van der Waals surface area contributed by atoms with Gasteiger partial charge < -0.3 is 16.4 Å². The summed E-state index contributed by atoms with van der Waals surface area (Å²) in [6.45, 7) is 7.37. The number of hydrogen-bond acceptors (Lipinski definition) is 5. The van der Waals surface area contributed by atoms with Crippen LogP contribution in [-0.4, -0.2) is 30.1 Å². The third-order valence-electron chi connectivity index (χ3n) is 5.27. The number of aliphatic imine (C=N–C) groups is 2. The van der Waals surface area contributed by atoms with Gasteiger partial charge >= 0.3 is 0 Å². The van der Waals surface area contributed by atoms with Gasteiger partial charge in [-0.25, -0.2) is 4.99 Å². The van der Waals surface area contributed by atoms with Crippen LogP contribution in [0.3, 0.4) is 0 Å². The maximum absolute atomic E-state index is 13.2. The lowest BCUT2D eigenvalue weighted by Gasteiger charge is -2.54. The van der Waals surface area contributed by atoms with Crippen molar-refractivity contribution in [2.24, 2.45) is 21.1 Å². The zero-order valence-corrected chi connectivity index (χ0v) is 15.6. The monoisotopic (exact) mass is 376 g/mol. The average Bonchev–Trinajstić information content (AvgIpc) is 2.93. The van der Waals surface area contributed by atoms with Crippen LogP contribution in [0.4, 0.5) is 5.69 Å². The molecule has 1 aromatic heterocycles. The van der Waals surface area contributed by atoms with Crippen molar-refractivity contribution in [2.45, 2.75) is 32.4 Å². The number of nitrogens with one attached hydrogen (secondary N) is 2. The van der Waals surface area contributed by atoms with E-state index in [0.717, 1.165) is 6.42 Å². The van der Waals surface area contributed by atoms with E-state index >= 15 is 0 Å². The summed E-state index contributed by atoms with van der Waals surface area (Å²) in [7, 11) is 1.55. The summed E-state index contributed by atoms with van der Waals surface area (Å²) in [4.78, 5) is 33.3. The number of fused-ring (bicyclic) bond motifs is 2. The van der Waals surface area contributed by atoms with E-state index in [1.54, 1.807) is 7.05 Å². The minimum Gasteiger partial charge on any atom is -0.384 e. The number of nitrogens with two attached hydrogens (primary N) is 1. The maximum atomic E-state index is 13.2. The molecule has 2 heterocycles. The lowest BCUT2D eigenvalue weighted by molar-refractivity contribution is -0.0501. The predicted octanol–water partition coefficient (Wildman–Crippen LogP) is 1.66. The van der Waals surface area contributed by atoms with Gasteiger partial charge in [-0.15, -0.1) is 0 Å². The normalized spacial score (nSPS) is 24.1. The van der Waals surface area contributed by atoms with Crippen LogP contribution in [0.5, 0.6) is 0 Å². The fourth-order valence-corrected chi connectivity index (χ4v) is 3.82. The first kappa shape index (κ1) is 18.2. The summed E-state index contributed by atoms with van der Waals surface area (Å²) in [5.41, 5.74) is 4.64. The Bertz CT molecular complexity index is 930. The molecule has 138 valence electrons. The average molecular weight is 377 g/mol. The van der Waals surface area contributed by atoms with Crippen molar-refractivity contribution in [3.63, 3.8) is 0 Å². The number of pyridine rings is 1. The Labute approximate surface area is 155 Å². The predicted molar refractivity (Wildman–Crippen MR) is 103 cm³/mol. The second kappa shape index (κ2) is 5.98. The van der Waals surface area contributed by atoms with E-state index in [4.69, 9.17) is 17.3 Å². The number of halogens is 1. The summed E-state index contributed by atoms with van der Waals surface area (Å²) in [6, 6.07) is 1.43. The zero-order valence-electron chi connectivity index (χ0n) is 14.9. The molecule has 9 heteroatoms. The molecular weight excluding hydrogens is 356 g/mol. The number of anilines is 1. The van der Waals surface area contributed by atoms with Crippen molar-refractivity contribution < 1.29 is 4.79 Å². The molecule has 0 saturated heterocycles. The van der Waals surface area contributed by atoms with Crippen LogP contribution < -0.4 is 21.9 Å². The standard InChI is InChI=1S/C17H21ClN6O2/c1-16(2)5-6-17(16)23-14(25)13-9(18)7-10(15(26)24(13)17)22-12(21-4)8-11(19)20-3/h7-8H,3,5-6,19H2,1-2,4H3,(H,21,22)(H,23,25)/b11-8-. The van der Waals surface area contributed by atoms with Crippen molar-refractivity contribution in [1.82, 2.24) is 9.88 Å². The Morgan fingerprint density at radius 1 is 1.46 bits per heavy atom. The van der Waals surface area contributed by atoms with E-state index in [0.29, 0.717) is 12.3 Å². The zero-order chi connectivity index (χ0) is 19.3. The molecule has 1 unspecified atom stereocenters. The molecule has 1 amide bonds. The van der Waals surface area contributed by atoms with E-state index in [9.17, 15) is 9.59 Å². The molecule has 1 spiro atoms. The number of nitrogens with zero attached hydrogens (tertiary/aromatic N) is 3. The van der Waals surface area contributed by atoms with Crippen LogP contribution in [0.2, 0.25) is 5.02 Å². The molecule has 1 aliphatic heterocycles. The van der Waals surface area contributed by atoms with Crippen molar-refractivity contribution in [2.75, 3.05) is 12.4 Å². The first-order chi connectivity index (χ1) is 12.2.